The maximum absolute atomic E-state index is 11.6. The van der Waals surface area contributed by atoms with Crippen LogP contribution >= 0.6 is 23.2 Å². The molecule has 6 nitrogen and oxygen atoms in total. The van der Waals surface area contributed by atoms with Crippen molar-refractivity contribution < 1.29 is 18.3 Å². The van der Waals surface area contributed by atoms with E-state index in [4.69, 9.17) is 23.2 Å². The van der Waals surface area contributed by atoms with E-state index >= 15 is 0 Å². The zero-order valence-corrected chi connectivity index (χ0v) is 14.8. The van der Waals surface area contributed by atoms with Crippen molar-refractivity contribution in [1.29, 1.82) is 0 Å². The van der Waals surface area contributed by atoms with Crippen molar-refractivity contribution in [2.24, 2.45) is 4.36 Å². The Bertz CT molecular complexity index is 1130. The topological polar surface area (TPSA) is 88.7 Å². The molecule has 128 valence electrons. The number of benzene rings is 2. The van der Waals surface area contributed by atoms with E-state index in [2.05, 4.69) is 4.36 Å². The Morgan fingerprint density at radius 1 is 1.12 bits per heavy atom. The lowest BCUT2D eigenvalue weighted by molar-refractivity contribution is 0.0686. The Morgan fingerprint density at radius 3 is 2.52 bits per heavy atom. The summed E-state index contributed by atoms with van der Waals surface area (Å²) < 4.78 is 26.8. The third-order valence-corrected chi connectivity index (χ3v) is 4.72. The minimum Gasteiger partial charge on any atom is -0.477 e. The molecular formula is C16H10Cl2N2O4S. The van der Waals surface area contributed by atoms with Crippen LogP contribution in [0, 0.1) is 0 Å². The van der Waals surface area contributed by atoms with Gasteiger partial charge in [-0.05, 0) is 35.9 Å². The van der Waals surface area contributed by atoms with Crippen LogP contribution in [0.2, 0.25) is 10.0 Å². The van der Waals surface area contributed by atoms with Crippen molar-refractivity contribution in [3.63, 3.8) is 0 Å². The molecule has 0 bridgehead atoms. The predicted molar refractivity (Wildman–Crippen MR) is 95.5 cm³/mol. The molecule has 0 fully saturated rings. The molecule has 0 amide bonds. The van der Waals surface area contributed by atoms with Gasteiger partial charge in [-0.15, -0.1) is 4.36 Å². The van der Waals surface area contributed by atoms with E-state index < -0.39 is 16.5 Å². The lowest BCUT2D eigenvalue weighted by Crippen LogP contribution is -2.09. The normalized spacial score (nSPS) is 10.8. The number of rotatable bonds is 4. The monoisotopic (exact) mass is 396 g/mol. The second-order valence-corrected chi connectivity index (χ2v) is 6.62. The van der Waals surface area contributed by atoms with Crippen LogP contribution in [0.15, 0.2) is 46.8 Å². The molecule has 3 rings (SSSR count). The summed E-state index contributed by atoms with van der Waals surface area (Å²) >= 11 is 11.9. The summed E-state index contributed by atoms with van der Waals surface area (Å²) in [5, 5.41) is 10.7. The van der Waals surface area contributed by atoms with Crippen molar-refractivity contribution in [3.8, 4) is 0 Å². The molecule has 3 aromatic rings. The van der Waals surface area contributed by atoms with Crippen LogP contribution in [0.25, 0.3) is 10.9 Å². The summed E-state index contributed by atoms with van der Waals surface area (Å²) in [6.45, 7) is 0.228. The van der Waals surface area contributed by atoms with Gasteiger partial charge in [-0.1, -0.05) is 35.3 Å². The van der Waals surface area contributed by atoms with Crippen molar-refractivity contribution in [2.75, 3.05) is 0 Å². The molecule has 0 radical (unpaired) electrons. The minimum atomic E-state index is -2.64. The van der Waals surface area contributed by atoms with E-state index in [0.29, 0.717) is 20.9 Å². The number of carboxylic acid groups (broad SMARTS) is 1. The van der Waals surface area contributed by atoms with Gasteiger partial charge in [0.1, 0.15) is 5.69 Å². The molecule has 0 saturated heterocycles. The van der Waals surface area contributed by atoms with Gasteiger partial charge >= 0.3 is 16.5 Å². The molecule has 0 spiro atoms. The van der Waals surface area contributed by atoms with Gasteiger partial charge in [0.05, 0.1) is 21.2 Å². The Morgan fingerprint density at radius 2 is 1.88 bits per heavy atom. The standard InChI is InChI=1S/C16H10Cl2N2O4S/c17-11-5-4-9(6-12(11)18)8-20-14-3-1-2-13(19-25(23)24)10(14)7-15(20)16(21)22/h1-7H,8H2,(H,21,22). The first-order chi connectivity index (χ1) is 11.9. The van der Waals surface area contributed by atoms with E-state index in [1.807, 2.05) is 0 Å². The molecule has 0 aliphatic carbocycles. The largest absolute Gasteiger partial charge is 0.477 e. The second kappa shape index (κ2) is 6.87. The fraction of sp³-hybridized carbons (Fsp3) is 0.0625. The van der Waals surface area contributed by atoms with E-state index in [1.165, 1.54) is 12.1 Å². The van der Waals surface area contributed by atoms with E-state index in [9.17, 15) is 18.3 Å². The van der Waals surface area contributed by atoms with E-state index in [0.717, 1.165) is 5.56 Å². The first kappa shape index (κ1) is 17.5. The van der Waals surface area contributed by atoms with Gasteiger partial charge in [-0.2, -0.15) is 8.42 Å². The molecule has 1 aromatic heterocycles. The summed E-state index contributed by atoms with van der Waals surface area (Å²) in [5.41, 5.74) is 1.50. The van der Waals surface area contributed by atoms with Crippen LogP contribution in [0.3, 0.4) is 0 Å². The van der Waals surface area contributed by atoms with Gasteiger partial charge in [0.25, 0.3) is 0 Å². The summed E-state index contributed by atoms with van der Waals surface area (Å²) in [5.74, 6) is -1.13. The van der Waals surface area contributed by atoms with Gasteiger partial charge < -0.3 is 9.67 Å². The highest BCUT2D eigenvalue weighted by Gasteiger charge is 2.17. The summed E-state index contributed by atoms with van der Waals surface area (Å²) in [6.07, 6.45) is 0. The number of fused-ring (bicyclic) bond motifs is 1. The fourth-order valence-corrected chi connectivity index (χ4v) is 3.24. The Balaban J connectivity index is 2.22. The second-order valence-electron chi connectivity index (χ2n) is 5.19. The average Bonchev–Trinajstić information content (AvgIpc) is 2.91. The molecular weight excluding hydrogens is 387 g/mol. The lowest BCUT2D eigenvalue weighted by atomic mass is 10.2. The molecule has 2 aromatic carbocycles. The van der Waals surface area contributed by atoms with Gasteiger partial charge in [-0.25, -0.2) is 4.79 Å². The molecule has 25 heavy (non-hydrogen) atoms. The predicted octanol–water partition coefficient (Wildman–Crippen LogP) is 4.39. The molecule has 1 N–H and O–H groups in total. The zero-order valence-electron chi connectivity index (χ0n) is 12.5. The smallest absolute Gasteiger partial charge is 0.352 e. The molecule has 0 unspecified atom stereocenters. The number of hydrogen-bond donors (Lipinski definition) is 1. The average molecular weight is 397 g/mol. The summed E-state index contributed by atoms with van der Waals surface area (Å²) in [6, 6.07) is 11.3. The quantitative estimate of drug-likeness (QED) is 0.707. The Labute approximate surface area is 153 Å². The number of halogens is 2. The molecule has 9 heteroatoms. The fourth-order valence-electron chi connectivity index (χ4n) is 2.60. The molecule has 0 atom stereocenters. The lowest BCUT2D eigenvalue weighted by Gasteiger charge is -2.09. The maximum atomic E-state index is 11.6. The molecule has 0 aliphatic rings. The van der Waals surface area contributed by atoms with Gasteiger partial charge in [0, 0.05) is 11.9 Å². The maximum Gasteiger partial charge on any atom is 0.352 e. The first-order valence-corrected chi connectivity index (χ1v) is 8.76. The highest BCUT2D eigenvalue weighted by molar-refractivity contribution is 7.61. The minimum absolute atomic E-state index is 0.0143. The zero-order chi connectivity index (χ0) is 18.1. The number of hydrogen-bond acceptors (Lipinski definition) is 4. The number of carbonyl (C=O) groups is 1. The van der Waals surface area contributed by atoms with Crippen LogP contribution in [0.1, 0.15) is 16.1 Å². The van der Waals surface area contributed by atoms with Crippen molar-refractivity contribution in [2.45, 2.75) is 6.54 Å². The third-order valence-electron chi connectivity index (χ3n) is 3.64. The van der Waals surface area contributed by atoms with Crippen molar-refractivity contribution in [3.05, 3.63) is 63.8 Å². The van der Waals surface area contributed by atoms with Crippen LogP contribution in [-0.2, 0) is 17.0 Å². The number of aromatic nitrogens is 1. The van der Waals surface area contributed by atoms with E-state index in [1.54, 1.807) is 34.9 Å². The van der Waals surface area contributed by atoms with Crippen LogP contribution < -0.4 is 0 Å². The molecule has 0 saturated carbocycles. The van der Waals surface area contributed by atoms with Gasteiger partial charge in [-0.3, -0.25) is 0 Å². The highest BCUT2D eigenvalue weighted by Crippen LogP contribution is 2.31. The van der Waals surface area contributed by atoms with Gasteiger partial charge in [0.15, 0.2) is 0 Å². The van der Waals surface area contributed by atoms with Crippen molar-refractivity contribution in [1.82, 2.24) is 4.57 Å². The summed E-state index contributed by atoms with van der Waals surface area (Å²) in [7, 11) is -2.64. The first-order valence-electron chi connectivity index (χ1n) is 6.97. The number of carboxylic acids is 1. The Kier molecular flexibility index (Phi) is 4.80. The SMILES string of the molecule is O=C(O)c1cc2c(N=S(=O)=O)cccc2n1Cc1ccc(Cl)c(Cl)c1. The Hall–Kier alpha value is -2.35. The molecule has 0 aliphatic heterocycles. The van der Waals surface area contributed by atoms with Crippen LogP contribution in [0.5, 0.6) is 0 Å². The van der Waals surface area contributed by atoms with E-state index in [-0.39, 0.29) is 17.9 Å². The van der Waals surface area contributed by atoms with Crippen LogP contribution in [-0.4, -0.2) is 24.1 Å². The number of nitrogens with zero attached hydrogens (tertiary/aromatic N) is 2. The highest BCUT2D eigenvalue weighted by atomic mass is 35.5. The van der Waals surface area contributed by atoms with Crippen molar-refractivity contribution >= 4 is 56.3 Å². The summed E-state index contributed by atoms with van der Waals surface area (Å²) in [4.78, 5) is 11.6. The van der Waals surface area contributed by atoms with Crippen LogP contribution in [0.4, 0.5) is 5.69 Å². The molecule has 1 heterocycles. The number of aromatic carboxylic acids is 1. The van der Waals surface area contributed by atoms with Gasteiger partial charge in [0.2, 0.25) is 0 Å². The third kappa shape index (κ3) is 3.53.